The van der Waals surface area contributed by atoms with E-state index in [1.54, 1.807) is 0 Å². The summed E-state index contributed by atoms with van der Waals surface area (Å²) in [6, 6.07) is 0. The van der Waals surface area contributed by atoms with Gasteiger partial charge in [0.1, 0.15) is 0 Å². The van der Waals surface area contributed by atoms with Crippen molar-refractivity contribution < 1.29 is 88.8 Å². The standard InChI is InChI=1S/2C10H15.2HI.2Ti/c2*1-6-7(2)9(4)10(5)8(6)3;;;;/h2*1-5H3;2*1H;;/q;;;;2*+3/p-2. The molecule has 0 heterocycles. The Morgan fingerprint density at radius 2 is 0.583 bits per heavy atom. The van der Waals surface area contributed by atoms with E-state index in [4.69, 9.17) is 0 Å². The van der Waals surface area contributed by atoms with E-state index in [2.05, 4.69) is 110 Å². The Kier molecular flexibility index (Phi) is 11.5. The van der Waals surface area contributed by atoms with Crippen molar-refractivity contribution in [1.29, 1.82) is 0 Å². The SMILES string of the molecule is CC1=C(C)[C](C)([Ti+3])C(C)=C1C.CC1=C(C)[C](C)([Ti+3])C(C)=C1C.[I-].[I-]. The fourth-order valence-corrected chi connectivity index (χ4v) is 4.36. The molecule has 128 valence electrons. The Labute approximate surface area is 207 Å². The molecule has 0 saturated carbocycles. The van der Waals surface area contributed by atoms with Gasteiger partial charge in [-0.3, -0.25) is 0 Å². The van der Waals surface area contributed by atoms with Crippen LogP contribution in [0.5, 0.6) is 0 Å². The summed E-state index contributed by atoms with van der Waals surface area (Å²) >= 11 is 4.61. The van der Waals surface area contributed by atoms with E-state index in [1.807, 2.05) is 0 Å². The Hall–Kier alpha value is 1.85. The largest absolute Gasteiger partial charge is 1.00 e. The second-order valence-electron chi connectivity index (χ2n) is 7.25. The molecule has 0 aromatic heterocycles. The summed E-state index contributed by atoms with van der Waals surface area (Å²) < 4.78 is 0.627. The molecule has 0 unspecified atom stereocenters. The molecule has 0 N–H and O–H groups in total. The Morgan fingerprint density at radius 1 is 0.458 bits per heavy atom. The molecular formula is C20H30I2Ti2+4. The number of allylic oxidation sites excluding steroid dienone is 8. The van der Waals surface area contributed by atoms with Crippen molar-refractivity contribution in [3.05, 3.63) is 44.6 Å². The molecule has 0 atom stereocenters. The molecule has 0 nitrogen and oxygen atoms in total. The molecule has 0 spiro atoms. The molecule has 0 aromatic rings. The van der Waals surface area contributed by atoms with E-state index in [0.717, 1.165) is 0 Å². The molecule has 2 rings (SSSR count). The van der Waals surface area contributed by atoms with Crippen molar-refractivity contribution in [3.63, 3.8) is 0 Å². The van der Waals surface area contributed by atoms with Gasteiger partial charge in [0.2, 0.25) is 0 Å². The zero-order valence-corrected chi connectivity index (χ0v) is 24.2. The first-order valence-corrected chi connectivity index (χ1v) is 9.56. The predicted molar refractivity (Wildman–Crippen MR) is 90.2 cm³/mol. The maximum atomic E-state index is 2.30. The van der Waals surface area contributed by atoms with E-state index in [1.165, 1.54) is 44.6 Å². The second-order valence-corrected chi connectivity index (χ2v) is 10.4. The third kappa shape index (κ3) is 5.01. The molecule has 2 aliphatic carbocycles. The van der Waals surface area contributed by atoms with Gasteiger partial charge in [0.15, 0.2) is 0 Å². The van der Waals surface area contributed by atoms with E-state index < -0.39 is 0 Å². The van der Waals surface area contributed by atoms with Crippen LogP contribution in [0.1, 0.15) is 69.2 Å². The van der Waals surface area contributed by atoms with Gasteiger partial charge in [0.05, 0.1) is 0 Å². The topological polar surface area (TPSA) is 0 Å². The van der Waals surface area contributed by atoms with E-state index in [0.29, 0.717) is 7.44 Å². The van der Waals surface area contributed by atoms with Gasteiger partial charge >= 0.3 is 162 Å². The summed E-state index contributed by atoms with van der Waals surface area (Å²) in [6.45, 7) is 22.5. The van der Waals surface area contributed by atoms with Crippen LogP contribution in [0.4, 0.5) is 0 Å². The smallest absolute Gasteiger partial charge is 1.00 e. The third-order valence-electron chi connectivity index (χ3n) is 6.38. The van der Waals surface area contributed by atoms with Crippen molar-refractivity contribution in [2.24, 2.45) is 0 Å². The Morgan fingerprint density at radius 3 is 0.625 bits per heavy atom. The summed E-state index contributed by atoms with van der Waals surface area (Å²) in [7, 11) is 0. The monoisotopic (exact) mass is 620 g/mol. The van der Waals surface area contributed by atoms with Crippen molar-refractivity contribution in [3.8, 4) is 0 Å². The number of hydrogen-bond donors (Lipinski definition) is 0. The van der Waals surface area contributed by atoms with Gasteiger partial charge in [-0.2, -0.15) is 0 Å². The summed E-state index contributed by atoms with van der Waals surface area (Å²) in [5.41, 5.74) is 12.1. The van der Waals surface area contributed by atoms with Crippen LogP contribution in [0.2, 0.25) is 7.44 Å². The molecule has 0 radical (unpaired) electrons. The predicted octanol–water partition coefficient (Wildman–Crippen LogP) is 0.804. The van der Waals surface area contributed by atoms with Gasteiger partial charge in [-0.1, -0.05) is 0 Å². The average Bonchev–Trinajstić information content (AvgIpc) is 2.67. The van der Waals surface area contributed by atoms with Crippen LogP contribution in [0.25, 0.3) is 0 Å². The van der Waals surface area contributed by atoms with Crippen LogP contribution in [-0.2, 0) is 40.9 Å². The fraction of sp³-hybridized carbons (Fsp3) is 0.600. The molecule has 4 heteroatoms. The van der Waals surface area contributed by atoms with E-state index in [9.17, 15) is 0 Å². The molecule has 0 saturated heterocycles. The van der Waals surface area contributed by atoms with Crippen LogP contribution in [0, 0.1) is 0 Å². The second kappa shape index (κ2) is 9.87. The van der Waals surface area contributed by atoms with Gasteiger partial charge in [-0.15, -0.1) is 0 Å². The summed E-state index contributed by atoms with van der Waals surface area (Å²) in [5.74, 6) is 0. The Balaban J connectivity index is 0. The summed E-state index contributed by atoms with van der Waals surface area (Å²) in [4.78, 5) is 0. The van der Waals surface area contributed by atoms with Gasteiger partial charge in [-0.05, 0) is 0 Å². The minimum absolute atomic E-state index is 0. The van der Waals surface area contributed by atoms with Crippen molar-refractivity contribution >= 4 is 0 Å². The number of rotatable bonds is 0. The average molecular weight is 620 g/mol. The van der Waals surface area contributed by atoms with Crippen molar-refractivity contribution in [2.45, 2.75) is 76.7 Å². The van der Waals surface area contributed by atoms with Gasteiger partial charge in [0.25, 0.3) is 0 Å². The fourth-order valence-electron chi connectivity index (χ4n) is 3.19. The zero-order chi connectivity index (χ0) is 17.6. The van der Waals surface area contributed by atoms with Crippen LogP contribution in [-0.4, -0.2) is 0 Å². The first kappa shape index (κ1) is 28.1. The molecule has 2 aliphatic rings. The quantitative estimate of drug-likeness (QED) is 0.278. The van der Waals surface area contributed by atoms with Gasteiger partial charge in [-0.25, -0.2) is 0 Å². The maximum Gasteiger partial charge on any atom is -1.00 e. The molecule has 0 aliphatic heterocycles. The van der Waals surface area contributed by atoms with Crippen LogP contribution in [0.15, 0.2) is 44.6 Å². The minimum atomic E-state index is 0. The minimum Gasteiger partial charge on any atom is -1.00 e. The third-order valence-corrected chi connectivity index (χ3v) is 8.72. The summed E-state index contributed by atoms with van der Waals surface area (Å²) in [6.07, 6.45) is 0. The van der Waals surface area contributed by atoms with Crippen LogP contribution < -0.4 is 48.0 Å². The Bertz CT molecular complexity index is 522. The maximum absolute atomic E-state index is 2.30. The zero-order valence-electron chi connectivity index (χ0n) is 16.8. The van der Waals surface area contributed by atoms with Crippen molar-refractivity contribution in [2.75, 3.05) is 0 Å². The molecule has 0 aromatic carbocycles. The first-order chi connectivity index (χ1) is 9.77. The van der Waals surface area contributed by atoms with Gasteiger partial charge in [0, 0.05) is 0 Å². The number of halogens is 2. The summed E-state index contributed by atoms with van der Waals surface area (Å²) in [5, 5.41) is 0. The van der Waals surface area contributed by atoms with Crippen LogP contribution >= 0.6 is 0 Å². The first-order valence-electron chi connectivity index (χ1n) is 8.00. The van der Waals surface area contributed by atoms with Gasteiger partial charge < -0.3 is 48.0 Å². The normalized spacial score (nSPS) is 21.6. The molecule has 24 heavy (non-hydrogen) atoms. The number of hydrogen-bond acceptors (Lipinski definition) is 0. The molecular weight excluding hydrogens is 590 g/mol. The van der Waals surface area contributed by atoms with E-state index >= 15 is 0 Å². The van der Waals surface area contributed by atoms with E-state index in [-0.39, 0.29) is 48.0 Å². The van der Waals surface area contributed by atoms with Crippen LogP contribution in [0.3, 0.4) is 0 Å². The molecule has 0 amide bonds. The van der Waals surface area contributed by atoms with Crippen molar-refractivity contribution in [1.82, 2.24) is 0 Å². The molecule has 0 fully saturated rings. The molecule has 0 bridgehead atoms.